The van der Waals surface area contributed by atoms with Gasteiger partial charge in [0.25, 0.3) is 0 Å². The van der Waals surface area contributed by atoms with Gasteiger partial charge < -0.3 is 10.4 Å². The van der Waals surface area contributed by atoms with Crippen LogP contribution in [0.15, 0.2) is 29.4 Å². The number of nitrogens with zero attached hydrogens (tertiary/aromatic N) is 3. The van der Waals surface area contributed by atoms with Gasteiger partial charge in [-0.3, -0.25) is 4.79 Å². The molecule has 0 aliphatic carbocycles. The maximum atomic E-state index is 10.8. The third kappa shape index (κ3) is 3.27. The lowest BCUT2D eigenvalue weighted by Gasteiger charge is -2.10. The number of aliphatic carboxylic acids is 1. The van der Waals surface area contributed by atoms with E-state index in [1.165, 1.54) is 0 Å². The summed E-state index contributed by atoms with van der Waals surface area (Å²) >= 11 is 0. The van der Waals surface area contributed by atoms with Crippen molar-refractivity contribution in [3.63, 3.8) is 0 Å². The van der Waals surface area contributed by atoms with Gasteiger partial charge in [-0.1, -0.05) is 29.4 Å². The second-order valence-electron chi connectivity index (χ2n) is 3.24. The maximum Gasteiger partial charge on any atom is 0.321 e. The van der Waals surface area contributed by atoms with E-state index in [4.69, 9.17) is 10.6 Å². The van der Waals surface area contributed by atoms with E-state index in [0.717, 1.165) is 5.56 Å². The molecule has 6 nitrogen and oxygen atoms in total. The van der Waals surface area contributed by atoms with E-state index in [1.807, 2.05) is 0 Å². The van der Waals surface area contributed by atoms with Gasteiger partial charge in [0.15, 0.2) is 0 Å². The minimum absolute atomic E-state index is 0.391. The first-order chi connectivity index (χ1) is 7.67. The van der Waals surface area contributed by atoms with Gasteiger partial charge in [0.2, 0.25) is 0 Å². The van der Waals surface area contributed by atoms with Gasteiger partial charge >= 0.3 is 5.97 Å². The monoisotopic (exact) mass is 220 g/mol. The summed E-state index contributed by atoms with van der Waals surface area (Å²) in [6.07, 6.45) is 0.391. The van der Waals surface area contributed by atoms with Gasteiger partial charge in [0.1, 0.15) is 6.04 Å². The molecule has 1 aromatic rings. The summed E-state index contributed by atoms with van der Waals surface area (Å²) in [4.78, 5) is 13.4. The molecule has 0 unspecified atom stereocenters. The molecule has 2 N–H and O–H groups in total. The molecule has 6 heteroatoms. The van der Waals surface area contributed by atoms with Crippen molar-refractivity contribution in [2.45, 2.75) is 12.5 Å². The molecular weight excluding hydrogens is 208 g/mol. The van der Waals surface area contributed by atoms with Crippen molar-refractivity contribution < 1.29 is 9.90 Å². The first kappa shape index (κ1) is 12.0. The van der Waals surface area contributed by atoms with Crippen LogP contribution in [-0.2, 0) is 11.2 Å². The fourth-order valence-corrected chi connectivity index (χ4v) is 1.30. The molecule has 0 fully saturated rings. The summed E-state index contributed by atoms with van der Waals surface area (Å²) in [6, 6.07) is 6.20. The Morgan fingerprint density at radius 2 is 2.19 bits per heavy atom. The summed E-state index contributed by atoms with van der Waals surface area (Å²) in [6.45, 7) is 0. The summed E-state index contributed by atoms with van der Waals surface area (Å²) in [7, 11) is 1.60. The van der Waals surface area contributed by atoms with E-state index in [2.05, 4.69) is 15.3 Å². The molecule has 0 saturated carbocycles. The summed E-state index contributed by atoms with van der Waals surface area (Å²) in [5.41, 5.74) is 9.61. The average Bonchev–Trinajstić information content (AvgIpc) is 2.28. The first-order valence-corrected chi connectivity index (χ1v) is 4.71. The van der Waals surface area contributed by atoms with Crippen LogP contribution in [0.2, 0.25) is 0 Å². The second kappa shape index (κ2) is 5.75. The number of benzene rings is 1. The fourth-order valence-electron chi connectivity index (χ4n) is 1.30. The molecule has 0 heterocycles. The van der Waals surface area contributed by atoms with Crippen LogP contribution < -0.4 is 5.32 Å². The van der Waals surface area contributed by atoms with Crippen molar-refractivity contribution in [2.24, 2.45) is 5.11 Å². The number of carboxylic acid groups (broad SMARTS) is 1. The zero-order valence-corrected chi connectivity index (χ0v) is 8.79. The molecule has 16 heavy (non-hydrogen) atoms. The molecule has 1 rings (SSSR count). The molecule has 0 bridgehead atoms. The highest BCUT2D eigenvalue weighted by Gasteiger charge is 2.14. The van der Waals surface area contributed by atoms with Crippen molar-refractivity contribution in [1.29, 1.82) is 0 Å². The molecule has 0 amide bonds. The van der Waals surface area contributed by atoms with E-state index >= 15 is 0 Å². The Morgan fingerprint density at radius 3 is 2.62 bits per heavy atom. The Labute approximate surface area is 92.5 Å². The summed E-state index contributed by atoms with van der Waals surface area (Å²) in [5, 5.41) is 15.0. The topological polar surface area (TPSA) is 98.1 Å². The van der Waals surface area contributed by atoms with Crippen LogP contribution in [0.4, 0.5) is 5.69 Å². The number of carbonyl (C=O) groups is 1. The van der Waals surface area contributed by atoms with Crippen LogP contribution in [0.25, 0.3) is 10.4 Å². The molecule has 0 aromatic heterocycles. The van der Waals surface area contributed by atoms with Crippen LogP contribution in [0.5, 0.6) is 0 Å². The minimum Gasteiger partial charge on any atom is -0.480 e. The van der Waals surface area contributed by atoms with Crippen LogP contribution >= 0.6 is 0 Å². The molecule has 1 atom stereocenters. The number of likely N-dealkylation sites (N-methyl/N-ethyl adjacent to an activating group) is 1. The third-order valence-corrected chi connectivity index (χ3v) is 2.18. The van der Waals surface area contributed by atoms with Crippen LogP contribution in [0, 0.1) is 0 Å². The Morgan fingerprint density at radius 1 is 1.56 bits per heavy atom. The zero-order chi connectivity index (χ0) is 12.0. The van der Waals surface area contributed by atoms with E-state index in [-0.39, 0.29) is 0 Å². The number of hydrogen-bond donors (Lipinski definition) is 2. The van der Waals surface area contributed by atoms with E-state index in [0.29, 0.717) is 12.1 Å². The lowest BCUT2D eigenvalue weighted by atomic mass is 10.1. The number of carboxylic acids is 1. The summed E-state index contributed by atoms with van der Waals surface area (Å²) in [5.74, 6) is -0.887. The minimum atomic E-state index is -0.887. The van der Waals surface area contributed by atoms with Gasteiger partial charge in [-0.25, -0.2) is 0 Å². The van der Waals surface area contributed by atoms with Gasteiger partial charge in [0.05, 0.1) is 0 Å². The highest BCUT2D eigenvalue weighted by molar-refractivity contribution is 5.73. The number of azide groups is 1. The largest absolute Gasteiger partial charge is 0.480 e. The molecule has 0 saturated heterocycles. The van der Waals surface area contributed by atoms with E-state index < -0.39 is 12.0 Å². The highest BCUT2D eigenvalue weighted by atomic mass is 16.4. The predicted octanol–water partition coefficient (Wildman–Crippen LogP) is 1.84. The van der Waals surface area contributed by atoms with Crippen LogP contribution in [0.3, 0.4) is 0 Å². The molecule has 1 aromatic carbocycles. The Bertz CT molecular complexity index is 409. The normalized spacial score (nSPS) is 11.6. The second-order valence-corrected chi connectivity index (χ2v) is 3.24. The van der Waals surface area contributed by atoms with E-state index in [9.17, 15) is 4.79 Å². The number of nitrogens with one attached hydrogen (secondary N) is 1. The molecule has 0 aliphatic rings. The van der Waals surface area contributed by atoms with Gasteiger partial charge in [0, 0.05) is 10.6 Å². The Hall–Kier alpha value is -2.04. The molecule has 84 valence electrons. The van der Waals surface area contributed by atoms with Gasteiger partial charge in [-0.05, 0) is 24.6 Å². The van der Waals surface area contributed by atoms with Crippen molar-refractivity contribution in [3.05, 3.63) is 40.3 Å². The number of rotatable bonds is 5. The molecule has 0 spiro atoms. The SMILES string of the molecule is CN[C@@H](Cc1ccc(N=[N+]=[N-])cc1)C(=O)O. The molecule has 0 aliphatic heterocycles. The predicted molar refractivity (Wildman–Crippen MR) is 59.4 cm³/mol. The fraction of sp³-hybridized carbons (Fsp3) is 0.300. The van der Waals surface area contributed by atoms with Gasteiger partial charge in [-0.2, -0.15) is 0 Å². The van der Waals surface area contributed by atoms with Crippen LogP contribution in [0.1, 0.15) is 5.56 Å². The third-order valence-electron chi connectivity index (χ3n) is 2.18. The standard InChI is InChI=1S/C10H12N4O2/c1-12-9(10(15)16)6-7-2-4-8(5-3-7)13-14-11/h2-5,9,12H,6H2,1H3,(H,15,16)/t9-/m0/s1. The molecular formula is C10H12N4O2. The summed E-state index contributed by atoms with van der Waals surface area (Å²) < 4.78 is 0. The maximum absolute atomic E-state index is 10.8. The van der Waals surface area contributed by atoms with Crippen molar-refractivity contribution >= 4 is 11.7 Å². The van der Waals surface area contributed by atoms with Crippen molar-refractivity contribution in [2.75, 3.05) is 7.05 Å². The van der Waals surface area contributed by atoms with Crippen molar-refractivity contribution in [3.8, 4) is 0 Å². The number of hydrogen-bond acceptors (Lipinski definition) is 3. The van der Waals surface area contributed by atoms with E-state index in [1.54, 1.807) is 31.3 Å². The average molecular weight is 220 g/mol. The Kier molecular flexibility index (Phi) is 4.32. The zero-order valence-electron chi connectivity index (χ0n) is 8.79. The Balaban J connectivity index is 2.74. The smallest absolute Gasteiger partial charge is 0.321 e. The lowest BCUT2D eigenvalue weighted by molar-refractivity contribution is -0.139. The van der Waals surface area contributed by atoms with Crippen LogP contribution in [-0.4, -0.2) is 24.2 Å². The quantitative estimate of drug-likeness (QED) is 0.450. The van der Waals surface area contributed by atoms with Crippen molar-refractivity contribution in [1.82, 2.24) is 5.32 Å². The van der Waals surface area contributed by atoms with Gasteiger partial charge in [-0.15, -0.1) is 0 Å². The highest BCUT2D eigenvalue weighted by Crippen LogP contribution is 2.14. The molecule has 0 radical (unpaired) electrons. The lowest BCUT2D eigenvalue weighted by Crippen LogP contribution is -2.35. The first-order valence-electron chi connectivity index (χ1n) is 4.71.